The van der Waals surface area contributed by atoms with Crippen molar-refractivity contribution < 1.29 is 4.39 Å². The number of likely N-dealkylation sites (tertiary alicyclic amines) is 1. The topological polar surface area (TPSA) is 15.3 Å². The van der Waals surface area contributed by atoms with Crippen molar-refractivity contribution in [3.63, 3.8) is 0 Å². The smallest absolute Gasteiger partial charge is 0.123 e. The van der Waals surface area contributed by atoms with Crippen molar-refractivity contribution in [3.8, 4) is 0 Å². The predicted molar refractivity (Wildman–Crippen MR) is 73.2 cm³/mol. The van der Waals surface area contributed by atoms with Gasteiger partial charge in [-0.2, -0.15) is 0 Å². The highest BCUT2D eigenvalue weighted by atomic mass is 19.1. The SMILES string of the molecule is CNCC1CCN(C(C)Cc2cccc(F)c2)C1. The van der Waals surface area contributed by atoms with Crippen LogP contribution in [0.1, 0.15) is 18.9 Å². The van der Waals surface area contributed by atoms with Crippen molar-refractivity contribution >= 4 is 0 Å². The molecule has 2 nitrogen and oxygen atoms in total. The monoisotopic (exact) mass is 250 g/mol. The lowest BCUT2D eigenvalue weighted by molar-refractivity contribution is 0.247. The van der Waals surface area contributed by atoms with E-state index in [1.807, 2.05) is 13.1 Å². The molecule has 0 spiro atoms. The number of nitrogens with zero attached hydrogens (tertiary/aromatic N) is 1. The average molecular weight is 250 g/mol. The van der Waals surface area contributed by atoms with Crippen LogP contribution in [-0.4, -0.2) is 37.6 Å². The number of nitrogens with one attached hydrogen (secondary N) is 1. The first kappa shape index (κ1) is 13.5. The molecular formula is C15H23FN2. The van der Waals surface area contributed by atoms with E-state index >= 15 is 0 Å². The van der Waals surface area contributed by atoms with E-state index < -0.39 is 0 Å². The van der Waals surface area contributed by atoms with Gasteiger partial charge in [0.05, 0.1) is 0 Å². The first-order valence-corrected chi connectivity index (χ1v) is 6.82. The van der Waals surface area contributed by atoms with Crippen LogP contribution in [0.2, 0.25) is 0 Å². The maximum atomic E-state index is 13.1. The largest absolute Gasteiger partial charge is 0.319 e. The van der Waals surface area contributed by atoms with Gasteiger partial charge in [0.25, 0.3) is 0 Å². The van der Waals surface area contributed by atoms with Gasteiger partial charge in [0.2, 0.25) is 0 Å². The Hall–Kier alpha value is -0.930. The maximum Gasteiger partial charge on any atom is 0.123 e. The van der Waals surface area contributed by atoms with E-state index in [9.17, 15) is 4.39 Å². The summed E-state index contributed by atoms with van der Waals surface area (Å²) in [5.74, 6) is 0.638. The summed E-state index contributed by atoms with van der Waals surface area (Å²) in [4.78, 5) is 2.52. The van der Waals surface area contributed by atoms with Crippen molar-refractivity contribution in [3.05, 3.63) is 35.6 Å². The fraction of sp³-hybridized carbons (Fsp3) is 0.600. The molecule has 0 bridgehead atoms. The zero-order chi connectivity index (χ0) is 13.0. The van der Waals surface area contributed by atoms with Crippen molar-refractivity contribution in [1.82, 2.24) is 10.2 Å². The van der Waals surface area contributed by atoms with Crippen LogP contribution in [0.4, 0.5) is 4.39 Å². The van der Waals surface area contributed by atoms with E-state index in [1.54, 1.807) is 12.1 Å². The Morgan fingerprint density at radius 1 is 1.50 bits per heavy atom. The van der Waals surface area contributed by atoms with Crippen molar-refractivity contribution in [2.45, 2.75) is 25.8 Å². The summed E-state index contributed by atoms with van der Waals surface area (Å²) in [6.07, 6.45) is 2.21. The molecule has 100 valence electrons. The minimum Gasteiger partial charge on any atom is -0.319 e. The molecular weight excluding hydrogens is 227 g/mol. The molecule has 1 N–H and O–H groups in total. The second-order valence-corrected chi connectivity index (χ2v) is 5.39. The molecule has 1 heterocycles. The summed E-state index contributed by atoms with van der Waals surface area (Å²) in [6.45, 7) is 5.68. The molecule has 0 aliphatic carbocycles. The third kappa shape index (κ3) is 3.53. The van der Waals surface area contributed by atoms with Gasteiger partial charge >= 0.3 is 0 Å². The summed E-state index contributed by atoms with van der Waals surface area (Å²) in [6, 6.07) is 7.46. The van der Waals surface area contributed by atoms with E-state index in [4.69, 9.17) is 0 Å². The van der Waals surface area contributed by atoms with Gasteiger partial charge in [0.1, 0.15) is 5.82 Å². The van der Waals surface area contributed by atoms with Gasteiger partial charge in [0, 0.05) is 12.6 Å². The van der Waals surface area contributed by atoms with Crippen LogP contribution in [0, 0.1) is 11.7 Å². The van der Waals surface area contributed by atoms with Crippen molar-refractivity contribution in [2.24, 2.45) is 5.92 Å². The van der Waals surface area contributed by atoms with Gasteiger partial charge in [-0.1, -0.05) is 12.1 Å². The lowest BCUT2D eigenvalue weighted by atomic mass is 10.1. The first-order valence-electron chi connectivity index (χ1n) is 6.82. The Morgan fingerprint density at radius 2 is 2.33 bits per heavy atom. The molecule has 2 unspecified atom stereocenters. The van der Waals surface area contributed by atoms with Crippen molar-refractivity contribution in [1.29, 1.82) is 0 Å². The predicted octanol–water partition coefficient (Wildman–Crippen LogP) is 2.30. The molecule has 1 aliphatic heterocycles. The zero-order valence-electron chi connectivity index (χ0n) is 11.3. The summed E-state index contributed by atoms with van der Waals surface area (Å²) in [5, 5.41) is 3.25. The molecule has 1 aromatic rings. The minimum absolute atomic E-state index is 0.130. The molecule has 0 amide bonds. The van der Waals surface area contributed by atoms with E-state index in [2.05, 4.69) is 17.1 Å². The van der Waals surface area contributed by atoms with Crippen LogP contribution in [0.3, 0.4) is 0 Å². The second kappa shape index (κ2) is 6.30. The minimum atomic E-state index is -0.130. The lowest BCUT2D eigenvalue weighted by Gasteiger charge is -2.24. The van der Waals surface area contributed by atoms with Crippen molar-refractivity contribution in [2.75, 3.05) is 26.7 Å². The quantitative estimate of drug-likeness (QED) is 0.862. The molecule has 18 heavy (non-hydrogen) atoms. The normalized spacial score (nSPS) is 22.3. The Kier molecular flexibility index (Phi) is 4.72. The van der Waals surface area contributed by atoms with Crippen LogP contribution in [-0.2, 0) is 6.42 Å². The highest BCUT2D eigenvalue weighted by Crippen LogP contribution is 2.20. The molecule has 0 aromatic heterocycles. The molecule has 2 rings (SSSR count). The van der Waals surface area contributed by atoms with Crippen LogP contribution in [0.5, 0.6) is 0 Å². The second-order valence-electron chi connectivity index (χ2n) is 5.39. The Morgan fingerprint density at radius 3 is 3.06 bits per heavy atom. The van der Waals surface area contributed by atoms with Crippen LogP contribution in [0.25, 0.3) is 0 Å². The van der Waals surface area contributed by atoms with E-state index in [-0.39, 0.29) is 5.82 Å². The standard InChI is InChI=1S/C15H23FN2/c1-12(8-13-4-3-5-15(16)9-13)18-7-6-14(11-18)10-17-2/h3-5,9,12,14,17H,6-8,10-11H2,1-2H3. The van der Waals surface area contributed by atoms with Gasteiger partial charge in [-0.3, -0.25) is 4.90 Å². The molecule has 1 aliphatic rings. The fourth-order valence-electron chi connectivity index (χ4n) is 2.85. The molecule has 2 atom stereocenters. The van der Waals surface area contributed by atoms with Crippen LogP contribution < -0.4 is 5.32 Å². The molecule has 0 saturated carbocycles. The van der Waals surface area contributed by atoms with Gasteiger partial charge in [-0.25, -0.2) is 4.39 Å². The molecule has 3 heteroatoms. The Balaban J connectivity index is 1.87. The number of hydrogen-bond acceptors (Lipinski definition) is 2. The summed E-state index contributed by atoms with van der Waals surface area (Å²) in [5.41, 5.74) is 1.10. The fourth-order valence-corrected chi connectivity index (χ4v) is 2.85. The summed E-state index contributed by atoms with van der Waals surface area (Å²) >= 11 is 0. The zero-order valence-corrected chi connectivity index (χ0v) is 11.3. The van der Waals surface area contributed by atoms with E-state index in [1.165, 1.54) is 19.0 Å². The Labute approximate surface area is 109 Å². The highest BCUT2D eigenvalue weighted by molar-refractivity contribution is 5.17. The maximum absolute atomic E-state index is 13.1. The third-order valence-corrected chi connectivity index (χ3v) is 3.85. The first-order chi connectivity index (χ1) is 8.69. The molecule has 0 radical (unpaired) electrons. The number of rotatable bonds is 5. The van der Waals surface area contributed by atoms with E-state index in [0.29, 0.717) is 6.04 Å². The Bertz CT molecular complexity index is 381. The van der Waals surface area contributed by atoms with E-state index in [0.717, 1.165) is 31.0 Å². The molecule has 1 aromatic carbocycles. The number of hydrogen-bond donors (Lipinski definition) is 1. The third-order valence-electron chi connectivity index (χ3n) is 3.85. The molecule has 1 saturated heterocycles. The summed E-state index contributed by atoms with van der Waals surface area (Å²) in [7, 11) is 2.01. The van der Waals surface area contributed by atoms with Crippen LogP contribution >= 0.6 is 0 Å². The van der Waals surface area contributed by atoms with Gasteiger partial charge in [-0.05, 0) is 63.5 Å². The van der Waals surface area contributed by atoms with Gasteiger partial charge < -0.3 is 5.32 Å². The summed E-state index contributed by atoms with van der Waals surface area (Å²) < 4.78 is 13.1. The van der Waals surface area contributed by atoms with Gasteiger partial charge in [-0.15, -0.1) is 0 Å². The number of halogens is 1. The number of benzene rings is 1. The van der Waals surface area contributed by atoms with Crippen LogP contribution in [0.15, 0.2) is 24.3 Å². The van der Waals surface area contributed by atoms with Gasteiger partial charge in [0.15, 0.2) is 0 Å². The highest BCUT2D eigenvalue weighted by Gasteiger charge is 2.25. The average Bonchev–Trinajstić information content (AvgIpc) is 2.78. The lowest BCUT2D eigenvalue weighted by Crippen LogP contribution is -2.33. The molecule has 1 fully saturated rings.